The van der Waals surface area contributed by atoms with Crippen LogP contribution in [-0.4, -0.2) is 5.11 Å². The van der Waals surface area contributed by atoms with Crippen LogP contribution in [-0.2, 0) is 0 Å². The van der Waals surface area contributed by atoms with Gasteiger partial charge in [-0.2, -0.15) is 0 Å². The van der Waals surface area contributed by atoms with Gasteiger partial charge in [0.25, 0.3) is 0 Å². The Kier molecular flexibility index (Phi) is 3.03. The summed E-state index contributed by atoms with van der Waals surface area (Å²) in [6, 6.07) is 7.76. The van der Waals surface area contributed by atoms with Crippen molar-refractivity contribution >= 4 is 5.69 Å². The third-order valence-corrected chi connectivity index (χ3v) is 6.24. The van der Waals surface area contributed by atoms with E-state index in [2.05, 4.69) is 0 Å². The first kappa shape index (κ1) is 12.7. The molecule has 1 aromatic carbocycles. The van der Waals surface area contributed by atoms with Crippen LogP contribution in [0, 0.1) is 29.6 Å². The first-order chi connectivity index (χ1) is 9.69. The highest BCUT2D eigenvalue weighted by Gasteiger charge is 2.48. The van der Waals surface area contributed by atoms with Crippen LogP contribution in [0.4, 0.5) is 5.69 Å². The molecule has 5 rings (SSSR count). The van der Waals surface area contributed by atoms with Gasteiger partial charge in [0.1, 0.15) is 0 Å². The van der Waals surface area contributed by atoms with Gasteiger partial charge in [-0.05, 0) is 85.8 Å². The average Bonchev–Trinajstić information content (AvgIpc) is 2.42. The number of rotatable bonds is 3. The predicted molar refractivity (Wildman–Crippen MR) is 81.0 cm³/mol. The molecule has 1 unspecified atom stereocenters. The molecule has 108 valence electrons. The summed E-state index contributed by atoms with van der Waals surface area (Å²) in [5, 5.41) is 10.6. The van der Waals surface area contributed by atoms with Crippen molar-refractivity contribution in [2.24, 2.45) is 29.6 Å². The van der Waals surface area contributed by atoms with E-state index in [1.165, 1.54) is 32.1 Å². The minimum atomic E-state index is -0.307. The molecule has 3 N–H and O–H groups in total. The number of hydrogen-bond acceptors (Lipinski definition) is 2. The third kappa shape index (κ3) is 2.14. The lowest BCUT2D eigenvalue weighted by Crippen LogP contribution is -2.45. The summed E-state index contributed by atoms with van der Waals surface area (Å²) in [5.74, 6) is 4.59. The molecule has 4 aliphatic carbocycles. The Morgan fingerprint density at radius 1 is 0.950 bits per heavy atom. The fourth-order valence-corrected chi connectivity index (χ4v) is 5.53. The minimum absolute atomic E-state index is 0.307. The molecule has 0 amide bonds. The number of aliphatic hydroxyl groups is 1. The van der Waals surface area contributed by atoms with E-state index in [0.717, 1.165) is 47.3 Å². The van der Waals surface area contributed by atoms with Crippen LogP contribution in [0.1, 0.15) is 50.2 Å². The van der Waals surface area contributed by atoms with E-state index in [4.69, 9.17) is 5.73 Å². The summed E-state index contributed by atoms with van der Waals surface area (Å²) < 4.78 is 0. The Morgan fingerprint density at radius 3 is 2.05 bits per heavy atom. The largest absolute Gasteiger partial charge is 0.399 e. The zero-order chi connectivity index (χ0) is 13.7. The van der Waals surface area contributed by atoms with Gasteiger partial charge in [-0.3, -0.25) is 0 Å². The molecule has 4 aliphatic rings. The van der Waals surface area contributed by atoms with Gasteiger partial charge in [0.05, 0.1) is 6.10 Å². The number of nitrogen functional groups attached to an aromatic ring is 1. The Morgan fingerprint density at radius 2 is 1.50 bits per heavy atom. The van der Waals surface area contributed by atoms with Crippen molar-refractivity contribution in [1.82, 2.24) is 0 Å². The third-order valence-electron chi connectivity index (χ3n) is 6.24. The van der Waals surface area contributed by atoms with Gasteiger partial charge in [-0.25, -0.2) is 0 Å². The second-order valence-electron chi connectivity index (χ2n) is 7.51. The fourth-order valence-electron chi connectivity index (χ4n) is 5.53. The normalized spacial score (nSPS) is 40.0. The Bertz CT molecular complexity index is 453. The van der Waals surface area contributed by atoms with Gasteiger partial charge in [0, 0.05) is 5.69 Å². The highest BCUT2D eigenvalue weighted by Crippen LogP contribution is 2.58. The Hall–Kier alpha value is -1.02. The van der Waals surface area contributed by atoms with Gasteiger partial charge in [-0.1, -0.05) is 12.1 Å². The van der Waals surface area contributed by atoms with Crippen molar-refractivity contribution in [2.45, 2.75) is 44.6 Å². The van der Waals surface area contributed by atoms with Crippen LogP contribution >= 0.6 is 0 Å². The smallest absolute Gasteiger partial charge is 0.0792 e. The SMILES string of the molecule is Nc1ccc(C(O)CC2C3CC4CC(C3)CC2C4)cc1. The van der Waals surface area contributed by atoms with E-state index >= 15 is 0 Å². The molecule has 2 nitrogen and oxygen atoms in total. The first-order valence-corrected chi connectivity index (χ1v) is 8.22. The van der Waals surface area contributed by atoms with E-state index in [1.54, 1.807) is 0 Å². The lowest BCUT2D eigenvalue weighted by atomic mass is 9.51. The Labute approximate surface area is 121 Å². The zero-order valence-electron chi connectivity index (χ0n) is 12.0. The molecule has 0 aliphatic heterocycles. The topological polar surface area (TPSA) is 46.2 Å². The molecule has 0 saturated heterocycles. The lowest BCUT2D eigenvalue weighted by molar-refractivity contribution is -0.0550. The van der Waals surface area contributed by atoms with Crippen LogP contribution in [0.3, 0.4) is 0 Å². The molecule has 0 spiro atoms. The molecule has 20 heavy (non-hydrogen) atoms. The maximum Gasteiger partial charge on any atom is 0.0792 e. The van der Waals surface area contributed by atoms with Gasteiger partial charge in [0.2, 0.25) is 0 Å². The molecule has 0 heterocycles. The molecule has 0 radical (unpaired) electrons. The van der Waals surface area contributed by atoms with Crippen molar-refractivity contribution in [3.63, 3.8) is 0 Å². The van der Waals surface area contributed by atoms with E-state index in [9.17, 15) is 5.11 Å². The van der Waals surface area contributed by atoms with Gasteiger partial charge >= 0.3 is 0 Å². The molecule has 0 aromatic heterocycles. The summed E-state index contributed by atoms with van der Waals surface area (Å²) in [6.07, 6.45) is 7.90. The quantitative estimate of drug-likeness (QED) is 0.822. The van der Waals surface area contributed by atoms with Crippen LogP contribution in [0.2, 0.25) is 0 Å². The maximum atomic E-state index is 10.6. The van der Waals surface area contributed by atoms with E-state index < -0.39 is 0 Å². The molecule has 1 aromatic rings. The van der Waals surface area contributed by atoms with Crippen LogP contribution in [0.25, 0.3) is 0 Å². The number of nitrogens with two attached hydrogens (primary N) is 1. The van der Waals surface area contributed by atoms with Crippen LogP contribution in [0.5, 0.6) is 0 Å². The van der Waals surface area contributed by atoms with Crippen molar-refractivity contribution in [2.75, 3.05) is 5.73 Å². The molecule has 4 fully saturated rings. The molecule has 2 heteroatoms. The highest BCUT2D eigenvalue weighted by molar-refractivity contribution is 5.39. The minimum Gasteiger partial charge on any atom is -0.399 e. The van der Waals surface area contributed by atoms with Crippen molar-refractivity contribution in [1.29, 1.82) is 0 Å². The summed E-state index contributed by atoms with van der Waals surface area (Å²) in [7, 11) is 0. The standard InChI is InChI=1S/C18H25NO/c19-16-3-1-13(2-4-16)18(20)10-17-14-6-11-5-12(8-14)9-15(17)7-11/h1-4,11-12,14-15,17-18,20H,5-10,19H2. The maximum absolute atomic E-state index is 10.6. The van der Waals surface area contributed by atoms with E-state index in [-0.39, 0.29) is 6.10 Å². The Balaban J connectivity index is 1.47. The summed E-state index contributed by atoms with van der Waals surface area (Å²) in [5.41, 5.74) is 7.53. The zero-order valence-corrected chi connectivity index (χ0v) is 12.0. The van der Waals surface area contributed by atoms with Gasteiger partial charge in [0.15, 0.2) is 0 Å². The van der Waals surface area contributed by atoms with Gasteiger partial charge in [-0.15, -0.1) is 0 Å². The highest BCUT2D eigenvalue weighted by atomic mass is 16.3. The van der Waals surface area contributed by atoms with Crippen LogP contribution < -0.4 is 5.73 Å². The van der Waals surface area contributed by atoms with Crippen LogP contribution in [0.15, 0.2) is 24.3 Å². The molecule has 4 saturated carbocycles. The number of benzene rings is 1. The average molecular weight is 271 g/mol. The summed E-state index contributed by atoms with van der Waals surface area (Å²) >= 11 is 0. The van der Waals surface area contributed by atoms with E-state index in [0.29, 0.717) is 0 Å². The molecular formula is C18H25NO. The lowest BCUT2D eigenvalue weighted by Gasteiger charge is -2.55. The van der Waals surface area contributed by atoms with E-state index in [1.807, 2.05) is 24.3 Å². The molecule has 4 bridgehead atoms. The van der Waals surface area contributed by atoms with Crippen molar-refractivity contribution in [3.8, 4) is 0 Å². The second-order valence-corrected chi connectivity index (χ2v) is 7.51. The number of hydrogen-bond donors (Lipinski definition) is 2. The monoisotopic (exact) mass is 271 g/mol. The predicted octanol–water partition coefficient (Wildman–Crippen LogP) is 3.76. The molecular weight excluding hydrogens is 246 g/mol. The van der Waals surface area contributed by atoms with Gasteiger partial charge < -0.3 is 10.8 Å². The van der Waals surface area contributed by atoms with Crippen molar-refractivity contribution in [3.05, 3.63) is 29.8 Å². The number of aliphatic hydroxyl groups excluding tert-OH is 1. The second kappa shape index (κ2) is 4.77. The summed E-state index contributed by atoms with van der Waals surface area (Å²) in [6.45, 7) is 0. The van der Waals surface area contributed by atoms with Crippen molar-refractivity contribution < 1.29 is 5.11 Å². The first-order valence-electron chi connectivity index (χ1n) is 8.22. The fraction of sp³-hybridized carbons (Fsp3) is 0.667. The summed E-state index contributed by atoms with van der Waals surface area (Å²) in [4.78, 5) is 0. The molecule has 1 atom stereocenters. The number of anilines is 1.